The highest BCUT2D eigenvalue weighted by Crippen LogP contribution is 2.33. The van der Waals surface area contributed by atoms with E-state index < -0.39 is 0 Å². The molecule has 5 heteroatoms. The summed E-state index contributed by atoms with van der Waals surface area (Å²) in [7, 11) is 0. The fraction of sp³-hybridized carbons (Fsp3) is 0.190. The molecule has 2 aromatic heterocycles. The lowest BCUT2D eigenvalue weighted by Crippen LogP contribution is -2.15. The molecule has 0 amide bonds. The summed E-state index contributed by atoms with van der Waals surface area (Å²) in [5.41, 5.74) is 2.48. The fourth-order valence-electron chi connectivity index (χ4n) is 3.27. The molecule has 0 spiro atoms. The van der Waals surface area contributed by atoms with Crippen LogP contribution in [0.1, 0.15) is 6.92 Å². The quantitative estimate of drug-likeness (QED) is 0.334. The van der Waals surface area contributed by atoms with Crippen LogP contribution in [0.25, 0.3) is 21.8 Å². The van der Waals surface area contributed by atoms with Gasteiger partial charge < -0.3 is 9.30 Å². The average molecular weight is 474 g/mol. The Kier molecular flexibility index (Phi) is 5.00. The predicted octanol–water partition coefficient (Wildman–Crippen LogP) is 6.43. The summed E-state index contributed by atoms with van der Waals surface area (Å²) in [4.78, 5) is 4.23. The zero-order valence-electron chi connectivity index (χ0n) is 14.3. The number of hydrogen-bond acceptors (Lipinski definition) is 2. The number of hydrogen-bond donors (Lipinski definition) is 0. The number of rotatable bonds is 5. The molecule has 0 aliphatic carbocycles. The number of halogens is 2. The van der Waals surface area contributed by atoms with Gasteiger partial charge in [-0.05, 0) is 42.5 Å². The smallest absolute Gasteiger partial charge is 0.213 e. The van der Waals surface area contributed by atoms with Gasteiger partial charge in [0.25, 0.3) is 0 Å². The third-order valence-electron chi connectivity index (χ3n) is 4.44. The Bertz CT molecular complexity index is 1000. The number of ether oxygens (including phenoxy) is 1. The molecule has 0 radical (unpaired) electrons. The molecule has 0 N–H and O–H groups in total. The van der Waals surface area contributed by atoms with Crippen LogP contribution in [0.5, 0.6) is 5.88 Å². The van der Waals surface area contributed by atoms with Crippen LogP contribution in [-0.2, 0) is 6.54 Å². The largest absolute Gasteiger partial charge is 0.477 e. The molecule has 0 aliphatic rings. The molecule has 132 valence electrons. The highest BCUT2D eigenvalue weighted by Gasteiger charge is 2.14. The van der Waals surface area contributed by atoms with Crippen molar-refractivity contribution in [1.29, 1.82) is 0 Å². The number of benzene rings is 2. The highest BCUT2D eigenvalue weighted by molar-refractivity contribution is 9.10. The molecule has 1 atom stereocenters. The lowest BCUT2D eigenvalue weighted by molar-refractivity contribution is 0.238. The van der Waals surface area contributed by atoms with Crippen LogP contribution in [0, 0.1) is 5.92 Å². The van der Waals surface area contributed by atoms with E-state index in [0.29, 0.717) is 18.4 Å². The number of aromatic nitrogens is 2. The Morgan fingerprint density at radius 3 is 2.19 bits per heavy atom. The van der Waals surface area contributed by atoms with Crippen LogP contribution in [0.15, 0.2) is 69.7 Å². The summed E-state index contributed by atoms with van der Waals surface area (Å²) in [6, 6.07) is 18.7. The summed E-state index contributed by atoms with van der Waals surface area (Å²) in [5, 5.41) is 2.52. The second-order valence-electron chi connectivity index (χ2n) is 6.52. The van der Waals surface area contributed by atoms with E-state index in [1.165, 1.54) is 21.8 Å². The van der Waals surface area contributed by atoms with Gasteiger partial charge in [-0.3, -0.25) is 0 Å². The summed E-state index contributed by atoms with van der Waals surface area (Å²) in [6.45, 7) is 3.72. The maximum Gasteiger partial charge on any atom is 0.213 e. The number of fused-ring (bicyclic) bond motifs is 3. The topological polar surface area (TPSA) is 27.1 Å². The van der Waals surface area contributed by atoms with E-state index in [2.05, 4.69) is 84.7 Å². The molecule has 3 nitrogen and oxygen atoms in total. The van der Waals surface area contributed by atoms with Crippen LogP contribution in [0.2, 0.25) is 0 Å². The summed E-state index contributed by atoms with van der Waals surface area (Å²) in [6.07, 6.45) is 1.75. The molecule has 26 heavy (non-hydrogen) atoms. The van der Waals surface area contributed by atoms with Gasteiger partial charge in [0.2, 0.25) is 5.88 Å². The molecule has 4 rings (SSSR count). The van der Waals surface area contributed by atoms with Crippen molar-refractivity contribution < 1.29 is 4.74 Å². The van der Waals surface area contributed by atoms with Crippen LogP contribution in [0.3, 0.4) is 0 Å². The van der Waals surface area contributed by atoms with Crippen LogP contribution >= 0.6 is 31.9 Å². The minimum atomic E-state index is 0.350. The third kappa shape index (κ3) is 3.51. The van der Waals surface area contributed by atoms with E-state index in [9.17, 15) is 0 Å². The standard InChI is InChI=1S/C21H18Br2N2O/c1-14(13-26-21-4-2-3-9-24-21)12-25-19-7-5-15(22)10-17(19)18-11-16(23)6-8-20(18)25/h2-11,14H,12-13H2,1H3. The van der Waals surface area contributed by atoms with Gasteiger partial charge in [-0.25, -0.2) is 4.98 Å². The van der Waals surface area contributed by atoms with Gasteiger partial charge in [-0.2, -0.15) is 0 Å². The summed E-state index contributed by atoms with van der Waals surface area (Å²) in [5.74, 6) is 1.03. The Labute approximate surface area is 169 Å². The van der Waals surface area contributed by atoms with Crippen LogP contribution in [0.4, 0.5) is 0 Å². The Morgan fingerprint density at radius 2 is 1.62 bits per heavy atom. The van der Waals surface area contributed by atoms with Gasteiger partial charge in [0.15, 0.2) is 0 Å². The van der Waals surface area contributed by atoms with Gasteiger partial charge in [-0.1, -0.05) is 44.8 Å². The molecule has 1 unspecified atom stereocenters. The molecule has 0 saturated carbocycles. The van der Waals surface area contributed by atoms with E-state index in [4.69, 9.17) is 4.74 Å². The average Bonchev–Trinajstić information content (AvgIpc) is 2.93. The van der Waals surface area contributed by atoms with Crippen molar-refractivity contribution in [2.24, 2.45) is 5.92 Å². The first-order chi connectivity index (χ1) is 12.6. The SMILES string of the molecule is CC(COc1ccccn1)Cn1c2ccc(Br)cc2c2cc(Br)ccc21. The van der Waals surface area contributed by atoms with E-state index in [0.717, 1.165) is 15.5 Å². The second kappa shape index (κ2) is 7.41. The highest BCUT2D eigenvalue weighted by atomic mass is 79.9. The normalized spacial score (nSPS) is 12.6. The first kappa shape index (κ1) is 17.6. The molecular weight excluding hydrogens is 456 g/mol. The first-order valence-electron chi connectivity index (χ1n) is 8.52. The molecular formula is C21H18Br2N2O. The molecule has 4 aromatic rings. The second-order valence-corrected chi connectivity index (χ2v) is 8.35. The molecule has 0 fully saturated rings. The fourth-order valence-corrected chi connectivity index (χ4v) is 3.99. The molecule has 0 bridgehead atoms. The van der Waals surface area contributed by atoms with Crippen molar-refractivity contribution in [2.75, 3.05) is 6.61 Å². The van der Waals surface area contributed by atoms with Gasteiger partial charge in [0.1, 0.15) is 0 Å². The third-order valence-corrected chi connectivity index (χ3v) is 5.42. The monoisotopic (exact) mass is 472 g/mol. The van der Waals surface area contributed by atoms with Crippen molar-refractivity contribution in [1.82, 2.24) is 9.55 Å². The molecule has 0 saturated heterocycles. The maximum absolute atomic E-state index is 5.84. The molecule has 0 aliphatic heterocycles. The predicted molar refractivity (Wildman–Crippen MR) is 114 cm³/mol. The van der Waals surface area contributed by atoms with Crippen molar-refractivity contribution >= 4 is 53.7 Å². The van der Waals surface area contributed by atoms with Gasteiger partial charge in [0, 0.05) is 55.5 Å². The van der Waals surface area contributed by atoms with Crippen LogP contribution < -0.4 is 4.74 Å². The zero-order valence-corrected chi connectivity index (χ0v) is 17.5. The lowest BCUT2D eigenvalue weighted by atomic mass is 10.2. The van der Waals surface area contributed by atoms with E-state index >= 15 is 0 Å². The van der Waals surface area contributed by atoms with Crippen molar-refractivity contribution in [3.8, 4) is 5.88 Å². The van der Waals surface area contributed by atoms with E-state index in [1.54, 1.807) is 6.20 Å². The van der Waals surface area contributed by atoms with Crippen molar-refractivity contribution in [3.63, 3.8) is 0 Å². The zero-order chi connectivity index (χ0) is 18.1. The van der Waals surface area contributed by atoms with E-state index in [-0.39, 0.29) is 0 Å². The van der Waals surface area contributed by atoms with Gasteiger partial charge >= 0.3 is 0 Å². The molecule has 2 aromatic carbocycles. The first-order valence-corrected chi connectivity index (χ1v) is 10.1. The van der Waals surface area contributed by atoms with Crippen molar-refractivity contribution in [2.45, 2.75) is 13.5 Å². The minimum absolute atomic E-state index is 0.350. The molecule has 2 heterocycles. The lowest BCUT2D eigenvalue weighted by Gasteiger charge is -2.15. The van der Waals surface area contributed by atoms with E-state index in [1.807, 2.05) is 18.2 Å². The minimum Gasteiger partial charge on any atom is -0.477 e. The Morgan fingerprint density at radius 1 is 0.962 bits per heavy atom. The summed E-state index contributed by atoms with van der Waals surface area (Å²) >= 11 is 7.20. The van der Waals surface area contributed by atoms with Crippen LogP contribution in [-0.4, -0.2) is 16.2 Å². The van der Waals surface area contributed by atoms with Crippen molar-refractivity contribution in [3.05, 3.63) is 69.7 Å². The van der Waals surface area contributed by atoms with Gasteiger partial charge in [0.05, 0.1) is 6.61 Å². The Balaban J connectivity index is 1.66. The maximum atomic E-state index is 5.84. The Hall–Kier alpha value is -1.85. The summed E-state index contributed by atoms with van der Waals surface area (Å²) < 4.78 is 10.4. The number of nitrogens with zero attached hydrogens (tertiary/aromatic N) is 2. The number of pyridine rings is 1. The van der Waals surface area contributed by atoms with Gasteiger partial charge in [-0.15, -0.1) is 0 Å².